The van der Waals surface area contributed by atoms with Crippen molar-refractivity contribution in [1.29, 1.82) is 0 Å². The van der Waals surface area contributed by atoms with Crippen LogP contribution in [0, 0.1) is 5.82 Å². The van der Waals surface area contributed by atoms with Crippen molar-refractivity contribution < 1.29 is 9.50 Å². The highest BCUT2D eigenvalue weighted by atomic mass is 35.5. The zero-order valence-corrected chi connectivity index (χ0v) is 7.76. The fourth-order valence-corrected chi connectivity index (χ4v) is 1.27. The number of rotatable bonds is 3. The molecule has 0 unspecified atom stereocenters. The molecule has 3 N–H and O–H groups in total. The first-order valence-electron chi connectivity index (χ1n) is 3.99. The van der Waals surface area contributed by atoms with E-state index < -0.39 is 11.9 Å². The summed E-state index contributed by atoms with van der Waals surface area (Å²) in [5.74, 6) is -0.565. The Morgan fingerprint density at radius 3 is 2.85 bits per heavy atom. The molecule has 4 heteroatoms. The van der Waals surface area contributed by atoms with Gasteiger partial charge in [-0.25, -0.2) is 4.39 Å². The van der Waals surface area contributed by atoms with Gasteiger partial charge in [0.2, 0.25) is 0 Å². The van der Waals surface area contributed by atoms with E-state index in [-0.39, 0.29) is 10.6 Å². The molecule has 0 aliphatic heterocycles. The molecule has 2 nitrogen and oxygen atoms in total. The van der Waals surface area contributed by atoms with Crippen LogP contribution in [0.3, 0.4) is 0 Å². The average molecular weight is 204 g/mol. The van der Waals surface area contributed by atoms with Gasteiger partial charge in [0.05, 0.1) is 11.1 Å². The molecule has 13 heavy (non-hydrogen) atoms. The van der Waals surface area contributed by atoms with Crippen molar-refractivity contribution in [3.63, 3.8) is 0 Å². The Hall–Kier alpha value is -0.640. The number of aliphatic hydroxyl groups is 1. The van der Waals surface area contributed by atoms with Gasteiger partial charge in [-0.1, -0.05) is 23.7 Å². The molecular weight excluding hydrogens is 193 g/mol. The van der Waals surface area contributed by atoms with Gasteiger partial charge in [-0.3, -0.25) is 0 Å². The van der Waals surface area contributed by atoms with Gasteiger partial charge in [0.15, 0.2) is 0 Å². The normalized spacial score (nSPS) is 12.9. The zero-order chi connectivity index (χ0) is 9.84. The molecule has 0 aliphatic carbocycles. The summed E-state index contributed by atoms with van der Waals surface area (Å²) in [7, 11) is 0. The van der Waals surface area contributed by atoms with Crippen molar-refractivity contribution in [2.24, 2.45) is 5.73 Å². The summed E-state index contributed by atoms with van der Waals surface area (Å²) < 4.78 is 13.2. The van der Waals surface area contributed by atoms with E-state index in [2.05, 4.69) is 0 Å². The van der Waals surface area contributed by atoms with Crippen LogP contribution in [0.5, 0.6) is 0 Å². The SMILES string of the molecule is NCC[C@@H](O)c1cccc(Cl)c1F. The number of hydrogen-bond acceptors (Lipinski definition) is 2. The minimum absolute atomic E-state index is 0.0218. The standard InChI is InChI=1S/C9H11ClFNO/c10-7-3-1-2-6(9(7)11)8(13)4-5-12/h1-3,8,13H,4-5,12H2/t8-/m1/s1. The van der Waals surface area contributed by atoms with Crippen LogP contribution in [0.15, 0.2) is 18.2 Å². The lowest BCUT2D eigenvalue weighted by Gasteiger charge is -2.10. The maximum atomic E-state index is 13.2. The topological polar surface area (TPSA) is 46.2 Å². The van der Waals surface area contributed by atoms with Crippen LogP contribution in [0.2, 0.25) is 5.02 Å². The van der Waals surface area contributed by atoms with Gasteiger partial charge in [-0.05, 0) is 19.0 Å². The van der Waals surface area contributed by atoms with Crippen LogP contribution in [0.4, 0.5) is 4.39 Å². The summed E-state index contributed by atoms with van der Waals surface area (Å²) in [6.45, 7) is 0.313. The van der Waals surface area contributed by atoms with Gasteiger partial charge in [-0.2, -0.15) is 0 Å². The van der Waals surface area contributed by atoms with E-state index in [9.17, 15) is 9.50 Å². The number of aliphatic hydroxyl groups excluding tert-OH is 1. The fraction of sp³-hybridized carbons (Fsp3) is 0.333. The molecule has 1 aromatic rings. The van der Waals surface area contributed by atoms with Gasteiger partial charge < -0.3 is 10.8 Å². The van der Waals surface area contributed by atoms with Crippen molar-refractivity contribution in [3.05, 3.63) is 34.6 Å². The van der Waals surface area contributed by atoms with Crippen molar-refractivity contribution in [1.82, 2.24) is 0 Å². The molecule has 0 amide bonds. The van der Waals surface area contributed by atoms with E-state index in [0.717, 1.165) is 0 Å². The van der Waals surface area contributed by atoms with Crippen LogP contribution >= 0.6 is 11.6 Å². The first-order chi connectivity index (χ1) is 6.16. The molecule has 0 radical (unpaired) electrons. The van der Waals surface area contributed by atoms with E-state index in [0.29, 0.717) is 13.0 Å². The van der Waals surface area contributed by atoms with Crippen LogP contribution in [0.1, 0.15) is 18.1 Å². The Morgan fingerprint density at radius 1 is 1.54 bits per heavy atom. The second kappa shape index (κ2) is 4.56. The van der Waals surface area contributed by atoms with Gasteiger partial charge >= 0.3 is 0 Å². The minimum Gasteiger partial charge on any atom is -0.388 e. The second-order valence-corrected chi connectivity index (χ2v) is 3.14. The number of nitrogens with two attached hydrogens (primary N) is 1. The lowest BCUT2D eigenvalue weighted by atomic mass is 10.1. The quantitative estimate of drug-likeness (QED) is 0.788. The van der Waals surface area contributed by atoms with Gasteiger partial charge in [0.25, 0.3) is 0 Å². The lowest BCUT2D eigenvalue weighted by Crippen LogP contribution is -2.08. The molecule has 0 heterocycles. The van der Waals surface area contributed by atoms with Crippen molar-refractivity contribution >= 4 is 11.6 Å². The molecule has 0 fully saturated rings. The Kier molecular flexibility index (Phi) is 3.66. The van der Waals surface area contributed by atoms with E-state index in [1.807, 2.05) is 0 Å². The molecule has 0 aromatic heterocycles. The van der Waals surface area contributed by atoms with Crippen LogP contribution in [0.25, 0.3) is 0 Å². The summed E-state index contributed by atoms with van der Waals surface area (Å²) in [6, 6.07) is 4.54. The van der Waals surface area contributed by atoms with Crippen LogP contribution in [-0.2, 0) is 0 Å². The van der Waals surface area contributed by atoms with Crippen molar-refractivity contribution in [2.45, 2.75) is 12.5 Å². The number of halogens is 2. The van der Waals surface area contributed by atoms with E-state index in [1.54, 1.807) is 6.07 Å². The Labute approximate surface area is 81.1 Å². The maximum absolute atomic E-state index is 13.2. The second-order valence-electron chi connectivity index (χ2n) is 2.74. The smallest absolute Gasteiger partial charge is 0.147 e. The number of hydrogen-bond donors (Lipinski definition) is 2. The first-order valence-corrected chi connectivity index (χ1v) is 4.36. The monoisotopic (exact) mass is 203 g/mol. The third kappa shape index (κ3) is 2.40. The van der Waals surface area contributed by atoms with E-state index in [4.69, 9.17) is 17.3 Å². The van der Waals surface area contributed by atoms with Crippen molar-refractivity contribution in [2.75, 3.05) is 6.54 Å². The van der Waals surface area contributed by atoms with Gasteiger partial charge in [0.1, 0.15) is 5.82 Å². The Morgan fingerprint density at radius 2 is 2.23 bits per heavy atom. The van der Waals surface area contributed by atoms with Gasteiger partial charge in [0, 0.05) is 5.56 Å². The lowest BCUT2D eigenvalue weighted by molar-refractivity contribution is 0.165. The molecular formula is C9H11ClFNO. The van der Waals surface area contributed by atoms with E-state index in [1.165, 1.54) is 12.1 Å². The molecule has 0 spiro atoms. The predicted octanol–water partition coefficient (Wildman–Crippen LogP) is 1.86. The van der Waals surface area contributed by atoms with Gasteiger partial charge in [-0.15, -0.1) is 0 Å². The molecule has 0 saturated carbocycles. The largest absolute Gasteiger partial charge is 0.388 e. The molecule has 0 saturated heterocycles. The summed E-state index contributed by atoms with van der Waals surface area (Å²) in [5.41, 5.74) is 5.45. The van der Waals surface area contributed by atoms with Crippen LogP contribution < -0.4 is 5.73 Å². The first kappa shape index (κ1) is 10.4. The highest BCUT2D eigenvalue weighted by Crippen LogP contribution is 2.24. The molecule has 1 rings (SSSR count). The summed E-state index contributed by atoms with van der Waals surface area (Å²) in [4.78, 5) is 0. The third-order valence-corrected chi connectivity index (χ3v) is 2.07. The summed E-state index contributed by atoms with van der Waals surface area (Å²) >= 11 is 5.54. The Balaban J connectivity index is 2.93. The molecule has 0 bridgehead atoms. The number of benzene rings is 1. The van der Waals surface area contributed by atoms with Crippen molar-refractivity contribution in [3.8, 4) is 0 Å². The average Bonchev–Trinajstić information content (AvgIpc) is 2.10. The molecule has 1 atom stereocenters. The highest BCUT2D eigenvalue weighted by Gasteiger charge is 2.13. The third-order valence-electron chi connectivity index (χ3n) is 1.78. The minimum atomic E-state index is -0.872. The zero-order valence-electron chi connectivity index (χ0n) is 7.00. The molecule has 1 aromatic carbocycles. The highest BCUT2D eigenvalue weighted by molar-refractivity contribution is 6.30. The Bertz CT molecular complexity index is 293. The molecule has 72 valence electrons. The molecule has 0 aliphatic rings. The summed E-state index contributed by atoms with van der Waals surface area (Å²) in [6.07, 6.45) is -0.541. The predicted molar refractivity (Wildman–Crippen MR) is 50.0 cm³/mol. The van der Waals surface area contributed by atoms with E-state index >= 15 is 0 Å². The van der Waals surface area contributed by atoms with Crippen LogP contribution in [-0.4, -0.2) is 11.7 Å². The fourth-order valence-electron chi connectivity index (χ4n) is 1.09. The maximum Gasteiger partial charge on any atom is 0.147 e. The summed E-state index contributed by atoms with van der Waals surface area (Å²) in [5, 5.41) is 9.47.